The minimum Gasteiger partial charge on any atom is -0.354 e. The largest absolute Gasteiger partial charge is 0.354 e. The second-order valence-corrected chi connectivity index (χ2v) is 5.67. The van der Waals surface area contributed by atoms with Crippen molar-refractivity contribution in [1.82, 2.24) is 15.1 Å². The first kappa shape index (κ1) is 11.9. The van der Waals surface area contributed by atoms with E-state index in [1.54, 1.807) is 6.20 Å². The molecule has 0 fully saturated rings. The molecule has 2 aromatic rings. The number of rotatable bonds is 2. The quantitative estimate of drug-likeness (QED) is 0.863. The van der Waals surface area contributed by atoms with Crippen LogP contribution in [0.1, 0.15) is 52.1 Å². The molecule has 0 saturated carbocycles. The maximum Gasteiger partial charge on any atom is 0.184 e. The number of nitrogens with one attached hydrogen (secondary N) is 1. The Morgan fingerprint density at radius 2 is 2.00 bits per heavy atom. The summed E-state index contributed by atoms with van der Waals surface area (Å²) in [5.74, 6) is 2.07. The van der Waals surface area contributed by atoms with Crippen LogP contribution in [-0.2, 0) is 5.41 Å². The Bertz CT molecular complexity index is 503. The second-order valence-electron chi connectivity index (χ2n) is 5.67. The van der Waals surface area contributed by atoms with Crippen molar-refractivity contribution in [1.29, 1.82) is 0 Å². The SMILES string of the molecule is CC(C)c1cc(-c2cnc(C(C)(C)C)[nH]2)on1. The summed E-state index contributed by atoms with van der Waals surface area (Å²) >= 11 is 0. The number of hydrogen-bond acceptors (Lipinski definition) is 3. The van der Waals surface area contributed by atoms with Crippen LogP contribution in [0, 0.1) is 0 Å². The number of H-pyrrole nitrogens is 1. The van der Waals surface area contributed by atoms with Crippen LogP contribution in [0.3, 0.4) is 0 Å². The van der Waals surface area contributed by atoms with E-state index >= 15 is 0 Å². The van der Waals surface area contributed by atoms with E-state index in [1.807, 2.05) is 6.07 Å². The third-order valence-electron chi connectivity index (χ3n) is 2.67. The molecule has 0 saturated heterocycles. The highest BCUT2D eigenvalue weighted by Crippen LogP contribution is 2.25. The topological polar surface area (TPSA) is 54.7 Å². The molecule has 0 aliphatic rings. The molecule has 17 heavy (non-hydrogen) atoms. The number of nitrogens with zero attached hydrogens (tertiary/aromatic N) is 2. The van der Waals surface area contributed by atoms with Crippen molar-refractivity contribution >= 4 is 0 Å². The van der Waals surface area contributed by atoms with Crippen LogP contribution in [0.25, 0.3) is 11.5 Å². The fraction of sp³-hybridized carbons (Fsp3) is 0.538. The lowest BCUT2D eigenvalue weighted by atomic mass is 9.96. The Morgan fingerprint density at radius 1 is 1.29 bits per heavy atom. The molecule has 2 aromatic heterocycles. The zero-order valence-electron chi connectivity index (χ0n) is 11.0. The Kier molecular flexibility index (Phi) is 2.81. The number of aromatic nitrogens is 3. The van der Waals surface area contributed by atoms with Crippen molar-refractivity contribution in [3.63, 3.8) is 0 Å². The maximum absolute atomic E-state index is 5.32. The molecule has 4 heteroatoms. The number of aromatic amines is 1. The van der Waals surface area contributed by atoms with Crippen LogP contribution in [0.15, 0.2) is 16.8 Å². The molecule has 2 heterocycles. The minimum atomic E-state index is 0.0130. The Hall–Kier alpha value is -1.58. The van der Waals surface area contributed by atoms with Gasteiger partial charge in [-0.1, -0.05) is 39.8 Å². The third-order valence-corrected chi connectivity index (χ3v) is 2.67. The van der Waals surface area contributed by atoms with Gasteiger partial charge < -0.3 is 9.51 Å². The predicted octanol–water partition coefficient (Wildman–Crippen LogP) is 3.49. The highest BCUT2D eigenvalue weighted by atomic mass is 16.5. The van der Waals surface area contributed by atoms with Gasteiger partial charge in [-0.25, -0.2) is 4.98 Å². The van der Waals surface area contributed by atoms with Crippen LogP contribution in [0.2, 0.25) is 0 Å². The van der Waals surface area contributed by atoms with Crippen molar-refractivity contribution in [2.75, 3.05) is 0 Å². The van der Waals surface area contributed by atoms with Gasteiger partial charge in [-0.3, -0.25) is 0 Å². The van der Waals surface area contributed by atoms with Crippen molar-refractivity contribution in [2.45, 2.75) is 46.0 Å². The molecule has 0 amide bonds. The maximum atomic E-state index is 5.32. The number of imidazole rings is 1. The first-order valence-corrected chi connectivity index (χ1v) is 5.90. The average Bonchev–Trinajstić information content (AvgIpc) is 2.85. The molecule has 0 unspecified atom stereocenters. The molecule has 0 radical (unpaired) electrons. The van der Waals surface area contributed by atoms with Crippen LogP contribution in [0.5, 0.6) is 0 Å². The molecular formula is C13H19N3O. The smallest absolute Gasteiger partial charge is 0.184 e. The van der Waals surface area contributed by atoms with E-state index in [4.69, 9.17) is 4.52 Å². The normalized spacial score (nSPS) is 12.4. The van der Waals surface area contributed by atoms with E-state index in [9.17, 15) is 0 Å². The summed E-state index contributed by atoms with van der Waals surface area (Å²) in [5.41, 5.74) is 1.86. The molecule has 0 bridgehead atoms. The molecular weight excluding hydrogens is 214 g/mol. The lowest BCUT2D eigenvalue weighted by Gasteiger charge is -2.13. The van der Waals surface area contributed by atoms with Crippen LogP contribution < -0.4 is 0 Å². The fourth-order valence-corrected chi connectivity index (χ4v) is 1.52. The van der Waals surface area contributed by atoms with Gasteiger partial charge in [0.2, 0.25) is 0 Å². The van der Waals surface area contributed by atoms with Crippen LogP contribution in [0.4, 0.5) is 0 Å². The molecule has 0 aromatic carbocycles. The van der Waals surface area contributed by atoms with Crippen molar-refractivity contribution < 1.29 is 4.52 Å². The van der Waals surface area contributed by atoms with Crippen molar-refractivity contribution in [3.05, 3.63) is 23.8 Å². The van der Waals surface area contributed by atoms with E-state index < -0.39 is 0 Å². The monoisotopic (exact) mass is 233 g/mol. The zero-order chi connectivity index (χ0) is 12.6. The fourth-order valence-electron chi connectivity index (χ4n) is 1.52. The lowest BCUT2D eigenvalue weighted by molar-refractivity contribution is 0.418. The molecule has 92 valence electrons. The molecule has 0 atom stereocenters. The van der Waals surface area contributed by atoms with Gasteiger partial charge in [-0.2, -0.15) is 0 Å². The van der Waals surface area contributed by atoms with Crippen LogP contribution >= 0.6 is 0 Å². The zero-order valence-corrected chi connectivity index (χ0v) is 11.0. The van der Waals surface area contributed by atoms with E-state index in [-0.39, 0.29) is 5.41 Å². The van der Waals surface area contributed by atoms with E-state index in [1.165, 1.54) is 0 Å². The van der Waals surface area contributed by atoms with Gasteiger partial charge in [0.25, 0.3) is 0 Å². The summed E-state index contributed by atoms with van der Waals surface area (Å²) < 4.78 is 5.32. The summed E-state index contributed by atoms with van der Waals surface area (Å²) in [5, 5.41) is 4.04. The lowest BCUT2D eigenvalue weighted by Crippen LogP contribution is -2.13. The predicted molar refractivity (Wildman–Crippen MR) is 66.9 cm³/mol. The van der Waals surface area contributed by atoms with Gasteiger partial charge in [-0.15, -0.1) is 0 Å². The van der Waals surface area contributed by atoms with Gasteiger partial charge in [-0.05, 0) is 5.92 Å². The summed E-state index contributed by atoms with van der Waals surface area (Å²) in [6, 6.07) is 1.96. The van der Waals surface area contributed by atoms with E-state index in [0.717, 1.165) is 23.0 Å². The molecule has 0 aliphatic heterocycles. The molecule has 0 spiro atoms. The molecule has 2 rings (SSSR count). The molecule has 4 nitrogen and oxygen atoms in total. The average molecular weight is 233 g/mol. The van der Waals surface area contributed by atoms with Gasteiger partial charge in [0.15, 0.2) is 5.76 Å². The molecule has 0 aliphatic carbocycles. The van der Waals surface area contributed by atoms with E-state index in [0.29, 0.717) is 5.92 Å². The van der Waals surface area contributed by atoms with Crippen LogP contribution in [-0.4, -0.2) is 15.1 Å². The highest BCUT2D eigenvalue weighted by molar-refractivity contribution is 5.51. The third kappa shape index (κ3) is 2.40. The first-order valence-electron chi connectivity index (χ1n) is 5.90. The van der Waals surface area contributed by atoms with Crippen molar-refractivity contribution in [3.8, 4) is 11.5 Å². The van der Waals surface area contributed by atoms with Gasteiger partial charge in [0, 0.05) is 11.5 Å². The molecule has 1 N–H and O–H groups in total. The first-order chi connectivity index (χ1) is 7.88. The van der Waals surface area contributed by atoms with Gasteiger partial charge in [0.05, 0.1) is 11.9 Å². The Balaban J connectivity index is 2.31. The minimum absolute atomic E-state index is 0.0130. The van der Waals surface area contributed by atoms with Crippen molar-refractivity contribution in [2.24, 2.45) is 0 Å². The van der Waals surface area contributed by atoms with Gasteiger partial charge >= 0.3 is 0 Å². The Morgan fingerprint density at radius 3 is 2.47 bits per heavy atom. The summed E-state index contributed by atoms with van der Waals surface area (Å²) in [7, 11) is 0. The highest BCUT2D eigenvalue weighted by Gasteiger charge is 2.19. The number of hydrogen-bond donors (Lipinski definition) is 1. The summed E-state index contributed by atoms with van der Waals surface area (Å²) in [6.45, 7) is 10.5. The second kappa shape index (κ2) is 4.02. The van der Waals surface area contributed by atoms with Gasteiger partial charge in [0.1, 0.15) is 11.5 Å². The summed E-state index contributed by atoms with van der Waals surface area (Å²) in [4.78, 5) is 7.65. The van der Waals surface area contributed by atoms with E-state index in [2.05, 4.69) is 49.7 Å². The Labute approximate surface area is 101 Å². The standard InChI is InChI=1S/C13H19N3O/c1-8(2)9-6-11(17-16-9)10-7-14-12(15-10)13(3,4)5/h6-8H,1-5H3,(H,14,15). The summed E-state index contributed by atoms with van der Waals surface area (Å²) in [6.07, 6.45) is 1.80.